The van der Waals surface area contributed by atoms with Crippen molar-refractivity contribution in [3.63, 3.8) is 0 Å². The Balaban J connectivity index is 1.19. The van der Waals surface area contributed by atoms with Gasteiger partial charge in [0.2, 0.25) is 5.91 Å². The summed E-state index contributed by atoms with van der Waals surface area (Å²) in [5.41, 5.74) is 5.71. The number of carbonyl (C=O) groups excluding carboxylic acids is 2. The van der Waals surface area contributed by atoms with Gasteiger partial charge in [0, 0.05) is 59.7 Å². The van der Waals surface area contributed by atoms with Gasteiger partial charge >= 0.3 is 6.03 Å². The summed E-state index contributed by atoms with van der Waals surface area (Å²) in [4.78, 5) is 32.0. The van der Waals surface area contributed by atoms with Crippen LogP contribution in [-0.4, -0.2) is 46.3 Å². The fourth-order valence-corrected chi connectivity index (χ4v) is 6.07. The summed E-state index contributed by atoms with van der Waals surface area (Å²) < 4.78 is 1.73. The van der Waals surface area contributed by atoms with E-state index in [4.69, 9.17) is 5.10 Å². The number of piperidine rings is 1. The number of carbonyl (C=O) groups is 2. The van der Waals surface area contributed by atoms with Gasteiger partial charge in [-0.25, -0.2) is 9.48 Å². The molecule has 44 heavy (non-hydrogen) atoms. The predicted octanol–water partition coefficient (Wildman–Crippen LogP) is 6.72. The molecular weight excluding hydrogens is 550 g/mol. The summed E-state index contributed by atoms with van der Waals surface area (Å²) in [6.07, 6.45) is 7.80. The number of nitrogens with one attached hydrogen (secondary N) is 3. The molecule has 2 aliphatic rings. The minimum atomic E-state index is -0.341. The lowest BCUT2D eigenvalue weighted by molar-refractivity contribution is -0.123. The third-order valence-electron chi connectivity index (χ3n) is 8.55. The first-order valence-electron chi connectivity index (χ1n) is 15.5. The molecule has 3 amide bonds. The summed E-state index contributed by atoms with van der Waals surface area (Å²) in [5.74, 6) is 1.20. The van der Waals surface area contributed by atoms with E-state index in [2.05, 4.69) is 64.8 Å². The van der Waals surface area contributed by atoms with Gasteiger partial charge in [-0.2, -0.15) is 5.10 Å². The molecule has 0 spiro atoms. The van der Waals surface area contributed by atoms with Crippen molar-refractivity contribution in [3.8, 4) is 5.69 Å². The van der Waals surface area contributed by atoms with Gasteiger partial charge < -0.3 is 15.5 Å². The highest BCUT2D eigenvalue weighted by molar-refractivity contribution is 6.09. The van der Waals surface area contributed by atoms with E-state index in [1.807, 2.05) is 49.4 Å². The number of benzene rings is 2. The van der Waals surface area contributed by atoms with Crippen LogP contribution in [0.4, 0.5) is 22.0 Å². The number of aryl methyl sites for hydroxylation is 1. The van der Waals surface area contributed by atoms with Gasteiger partial charge in [-0.05, 0) is 56.4 Å². The van der Waals surface area contributed by atoms with Crippen LogP contribution < -0.4 is 20.9 Å². The zero-order chi connectivity index (χ0) is 30.8. The molecule has 1 fully saturated rings. The van der Waals surface area contributed by atoms with Gasteiger partial charge in [0.25, 0.3) is 0 Å². The minimum absolute atomic E-state index is 0.178. The summed E-state index contributed by atoms with van der Waals surface area (Å²) in [6, 6.07) is 17.7. The maximum atomic E-state index is 13.4. The molecule has 3 N–H and O–H groups in total. The average molecular weight is 592 g/mol. The molecule has 6 rings (SSSR count). The first kappa shape index (κ1) is 29.4. The Hall–Kier alpha value is -4.66. The molecule has 1 saturated heterocycles. The lowest BCUT2D eigenvalue weighted by Crippen LogP contribution is -2.34. The van der Waals surface area contributed by atoms with E-state index in [0.717, 1.165) is 78.1 Å². The fraction of sp³-hybridized carbons (Fsp3) is 0.371. The van der Waals surface area contributed by atoms with Crippen molar-refractivity contribution in [2.75, 3.05) is 35.2 Å². The van der Waals surface area contributed by atoms with E-state index >= 15 is 0 Å². The van der Waals surface area contributed by atoms with E-state index in [-0.39, 0.29) is 17.4 Å². The standard InChI is InChI=1S/C35H41N7O2/c1-23-9-10-26(22-37-23)42-32(21-31(40-42)35(2,3)4)39-34(44)38-29-11-12-30(28-8-6-5-7-27(28)29)41-17-14-24(15-18-41)19-25-13-16-36-33(43)20-25/h5-12,14,21-22,25H,13,15-20H2,1-4H3,(H,36,43)(H2,38,39,44). The molecule has 1 atom stereocenters. The Morgan fingerprint density at radius 2 is 1.89 bits per heavy atom. The monoisotopic (exact) mass is 591 g/mol. The molecule has 0 radical (unpaired) electrons. The van der Waals surface area contributed by atoms with Crippen molar-refractivity contribution < 1.29 is 9.59 Å². The molecule has 0 bridgehead atoms. The first-order valence-corrected chi connectivity index (χ1v) is 15.5. The normalized spacial score (nSPS) is 17.3. The quantitative estimate of drug-likeness (QED) is 0.216. The van der Waals surface area contributed by atoms with E-state index in [1.54, 1.807) is 10.9 Å². The van der Waals surface area contributed by atoms with Crippen LogP contribution in [-0.2, 0) is 10.2 Å². The van der Waals surface area contributed by atoms with Gasteiger partial charge in [-0.15, -0.1) is 0 Å². The zero-order valence-corrected chi connectivity index (χ0v) is 26.0. The van der Waals surface area contributed by atoms with Crippen LogP contribution in [0.25, 0.3) is 16.5 Å². The number of hydrogen-bond acceptors (Lipinski definition) is 5. The van der Waals surface area contributed by atoms with Crippen LogP contribution in [0.3, 0.4) is 0 Å². The van der Waals surface area contributed by atoms with E-state index < -0.39 is 0 Å². The third kappa shape index (κ3) is 6.46. The topological polar surface area (TPSA) is 104 Å². The minimum Gasteiger partial charge on any atom is -0.367 e. The number of anilines is 3. The van der Waals surface area contributed by atoms with Gasteiger partial charge in [0.05, 0.1) is 23.3 Å². The Bertz CT molecular complexity index is 1720. The second kappa shape index (κ2) is 12.1. The molecule has 2 aliphatic heterocycles. The molecule has 0 aliphatic carbocycles. The number of hydrogen-bond donors (Lipinski definition) is 3. The number of fused-ring (bicyclic) bond motifs is 1. The van der Waals surface area contributed by atoms with Crippen molar-refractivity contribution in [2.24, 2.45) is 5.92 Å². The molecule has 228 valence electrons. The third-order valence-corrected chi connectivity index (χ3v) is 8.55. The van der Waals surface area contributed by atoms with Gasteiger partial charge in [-0.1, -0.05) is 56.7 Å². The molecule has 1 unspecified atom stereocenters. The van der Waals surface area contributed by atoms with Crippen LogP contribution in [0.5, 0.6) is 0 Å². The molecule has 2 aromatic heterocycles. The summed E-state index contributed by atoms with van der Waals surface area (Å²) in [7, 11) is 0. The highest BCUT2D eigenvalue weighted by Crippen LogP contribution is 2.35. The van der Waals surface area contributed by atoms with Gasteiger partial charge in [-0.3, -0.25) is 15.1 Å². The molecule has 0 saturated carbocycles. The van der Waals surface area contributed by atoms with Crippen molar-refractivity contribution in [2.45, 2.75) is 58.8 Å². The van der Waals surface area contributed by atoms with Gasteiger partial charge in [0.1, 0.15) is 5.82 Å². The highest BCUT2D eigenvalue weighted by atomic mass is 16.2. The lowest BCUT2D eigenvalue weighted by Gasteiger charge is -2.31. The predicted molar refractivity (Wildman–Crippen MR) is 177 cm³/mol. The largest absolute Gasteiger partial charge is 0.367 e. The molecule has 9 nitrogen and oxygen atoms in total. The van der Waals surface area contributed by atoms with Crippen LogP contribution in [0.1, 0.15) is 57.8 Å². The number of pyridine rings is 1. The van der Waals surface area contributed by atoms with E-state index in [1.165, 1.54) is 5.57 Å². The van der Waals surface area contributed by atoms with Crippen LogP contribution in [0, 0.1) is 12.8 Å². The van der Waals surface area contributed by atoms with Crippen molar-refractivity contribution in [3.05, 3.63) is 83.8 Å². The fourth-order valence-electron chi connectivity index (χ4n) is 6.07. The molecule has 9 heteroatoms. The molecule has 4 aromatic rings. The Kier molecular flexibility index (Phi) is 8.12. The Morgan fingerprint density at radius 3 is 2.59 bits per heavy atom. The second-order valence-corrected chi connectivity index (χ2v) is 13.0. The van der Waals surface area contributed by atoms with Crippen LogP contribution >= 0.6 is 0 Å². The van der Waals surface area contributed by atoms with E-state index in [9.17, 15) is 9.59 Å². The summed E-state index contributed by atoms with van der Waals surface area (Å²) in [5, 5.41) is 15.9. The van der Waals surface area contributed by atoms with Crippen LogP contribution in [0.15, 0.2) is 72.4 Å². The van der Waals surface area contributed by atoms with Crippen LogP contribution in [0.2, 0.25) is 0 Å². The summed E-state index contributed by atoms with van der Waals surface area (Å²) >= 11 is 0. The Morgan fingerprint density at radius 1 is 1.07 bits per heavy atom. The maximum Gasteiger partial charge on any atom is 0.324 e. The van der Waals surface area contributed by atoms with Gasteiger partial charge in [0.15, 0.2) is 0 Å². The first-order chi connectivity index (χ1) is 21.1. The number of aromatic nitrogens is 3. The lowest BCUT2D eigenvalue weighted by atomic mass is 9.88. The van der Waals surface area contributed by atoms with E-state index in [0.29, 0.717) is 18.2 Å². The highest BCUT2D eigenvalue weighted by Gasteiger charge is 2.24. The van der Waals surface area contributed by atoms with Crippen molar-refractivity contribution >= 4 is 39.9 Å². The number of rotatable bonds is 6. The van der Waals surface area contributed by atoms with Crippen molar-refractivity contribution in [1.29, 1.82) is 0 Å². The molecular formula is C35H41N7O2. The smallest absolute Gasteiger partial charge is 0.324 e. The zero-order valence-electron chi connectivity index (χ0n) is 26.0. The average Bonchev–Trinajstić information content (AvgIpc) is 3.42. The number of amides is 3. The number of urea groups is 1. The maximum absolute atomic E-state index is 13.4. The summed E-state index contributed by atoms with van der Waals surface area (Å²) in [6.45, 7) is 10.8. The Labute approximate surface area is 258 Å². The second-order valence-electron chi connectivity index (χ2n) is 13.0. The molecule has 2 aromatic carbocycles. The SMILES string of the molecule is Cc1ccc(-n2nc(C(C)(C)C)cc2NC(=O)Nc2ccc(N3CC=C(CC4CCNC(=O)C4)CC3)c3ccccc23)cn1. The van der Waals surface area contributed by atoms with Crippen molar-refractivity contribution in [1.82, 2.24) is 20.1 Å². The number of nitrogens with zero attached hydrogens (tertiary/aromatic N) is 4. The molecule has 4 heterocycles.